The number of amides is 3. The van der Waals surface area contributed by atoms with E-state index in [1.165, 1.54) is 26.2 Å². The van der Waals surface area contributed by atoms with Crippen LogP contribution in [0.3, 0.4) is 0 Å². The number of hydrogen-bond donors (Lipinski definition) is 2. The topological polar surface area (TPSA) is 108 Å². The molecule has 7 nitrogen and oxygen atoms in total. The lowest BCUT2D eigenvalue weighted by molar-refractivity contribution is -0.127. The number of methoxy groups -OCH3 is 1. The second kappa shape index (κ2) is 6.39. The summed E-state index contributed by atoms with van der Waals surface area (Å²) in [7, 11) is 1.50. The van der Waals surface area contributed by atoms with Crippen molar-refractivity contribution in [1.29, 1.82) is 0 Å². The standard InChI is InChI=1S/C12H14N2O5/c1-7(10(15)14-12(13)17)19-11(16)8-3-5-9(18-2)6-4-8/h3-7H,1-2H3,(H3,13,14,15,17)/t7-/m1/s1. The van der Waals surface area contributed by atoms with Crippen molar-refractivity contribution >= 4 is 17.9 Å². The van der Waals surface area contributed by atoms with Gasteiger partial charge in [-0.15, -0.1) is 0 Å². The maximum absolute atomic E-state index is 11.7. The second-order valence-corrected chi connectivity index (χ2v) is 3.63. The summed E-state index contributed by atoms with van der Waals surface area (Å²) < 4.78 is 9.82. The molecular formula is C12H14N2O5. The molecule has 0 saturated carbocycles. The summed E-state index contributed by atoms with van der Waals surface area (Å²) in [6.07, 6.45) is -1.12. The van der Waals surface area contributed by atoms with Crippen LogP contribution in [-0.4, -0.2) is 31.1 Å². The van der Waals surface area contributed by atoms with Gasteiger partial charge in [-0.25, -0.2) is 9.59 Å². The molecule has 0 aliphatic rings. The molecule has 7 heteroatoms. The number of urea groups is 1. The molecule has 0 aliphatic carbocycles. The highest BCUT2D eigenvalue weighted by Crippen LogP contribution is 2.12. The van der Waals surface area contributed by atoms with Gasteiger partial charge in [0.2, 0.25) is 0 Å². The van der Waals surface area contributed by atoms with Gasteiger partial charge in [-0.3, -0.25) is 10.1 Å². The number of primary amides is 1. The van der Waals surface area contributed by atoms with Crippen LogP contribution in [0, 0.1) is 0 Å². The summed E-state index contributed by atoms with van der Waals surface area (Å²) in [6.45, 7) is 1.33. The molecule has 102 valence electrons. The summed E-state index contributed by atoms with van der Waals surface area (Å²) >= 11 is 0. The molecule has 0 fully saturated rings. The predicted octanol–water partition coefficient (Wildman–Crippen LogP) is 0.435. The number of hydrogen-bond acceptors (Lipinski definition) is 5. The van der Waals surface area contributed by atoms with Crippen molar-refractivity contribution in [2.24, 2.45) is 5.73 Å². The SMILES string of the molecule is COc1ccc(C(=O)O[C@H](C)C(=O)NC(N)=O)cc1. The molecule has 0 radical (unpaired) electrons. The molecule has 0 saturated heterocycles. The van der Waals surface area contributed by atoms with Crippen LogP contribution in [0.5, 0.6) is 5.75 Å². The van der Waals surface area contributed by atoms with E-state index < -0.39 is 24.0 Å². The zero-order valence-electron chi connectivity index (χ0n) is 10.5. The monoisotopic (exact) mass is 266 g/mol. The fraction of sp³-hybridized carbons (Fsp3) is 0.250. The van der Waals surface area contributed by atoms with E-state index in [9.17, 15) is 14.4 Å². The number of ether oxygens (including phenoxy) is 2. The first kappa shape index (κ1) is 14.5. The molecule has 1 aromatic carbocycles. The Balaban J connectivity index is 2.63. The molecule has 0 spiro atoms. The van der Waals surface area contributed by atoms with Crippen LogP contribution in [0.4, 0.5) is 4.79 Å². The zero-order valence-corrected chi connectivity index (χ0v) is 10.5. The van der Waals surface area contributed by atoms with Gasteiger partial charge in [-0.2, -0.15) is 0 Å². The van der Waals surface area contributed by atoms with Gasteiger partial charge in [0.1, 0.15) is 5.75 Å². The minimum Gasteiger partial charge on any atom is -0.497 e. The quantitative estimate of drug-likeness (QED) is 0.768. The van der Waals surface area contributed by atoms with Gasteiger partial charge in [0.05, 0.1) is 12.7 Å². The van der Waals surface area contributed by atoms with Gasteiger partial charge in [-0.05, 0) is 31.2 Å². The first-order chi connectivity index (χ1) is 8.93. The predicted molar refractivity (Wildman–Crippen MR) is 65.6 cm³/mol. The number of esters is 1. The van der Waals surface area contributed by atoms with Gasteiger partial charge in [0.25, 0.3) is 5.91 Å². The van der Waals surface area contributed by atoms with Crippen molar-refractivity contribution in [2.45, 2.75) is 13.0 Å². The molecule has 1 atom stereocenters. The molecular weight excluding hydrogens is 252 g/mol. The summed E-state index contributed by atoms with van der Waals surface area (Å²) in [5, 5.41) is 1.82. The summed E-state index contributed by atoms with van der Waals surface area (Å²) in [6, 6.07) is 5.17. The third kappa shape index (κ3) is 4.30. The Morgan fingerprint density at radius 3 is 2.26 bits per heavy atom. The van der Waals surface area contributed by atoms with E-state index in [4.69, 9.17) is 15.2 Å². The number of nitrogens with one attached hydrogen (secondary N) is 1. The van der Waals surface area contributed by atoms with E-state index in [0.717, 1.165) is 0 Å². The number of benzene rings is 1. The molecule has 19 heavy (non-hydrogen) atoms. The molecule has 0 bridgehead atoms. The molecule has 0 aromatic heterocycles. The number of carbonyl (C=O) groups excluding carboxylic acids is 3. The van der Waals surface area contributed by atoms with Crippen LogP contribution in [0.1, 0.15) is 17.3 Å². The van der Waals surface area contributed by atoms with Crippen molar-refractivity contribution in [3.8, 4) is 5.75 Å². The summed E-state index contributed by atoms with van der Waals surface area (Å²) in [5.41, 5.74) is 5.04. The van der Waals surface area contributed by atoms with Crippen LogP contribution < -0.4 is 15.8 Å². The second-order valence-electron chi connectivity index (χ2n) is 3.63. The van der Waals surface area contributed by atoms with E-state index in [-0.39, 0.29) is 5.56 Å². The Labute approximate surface area is 109 Å². The number of rotatable bonds is 4. The van der Waals surface area contributed by atoms with Gasteiger partial charge < -0.3 is 15.2 Å². The average Bonchev–Trinajstić information content (AvgIpc) is 2.37. The molecule has 1 rings (SSSR count). The zero-order chi connectivity index (χ0) is 14.4. The maximum atomic E-state index is 11.7. The molecule has 3 N–H and O–H groups in total. The summed E-state index contributed by atoms with van der Waals surface area (Å²) in [5.74, 6) is -0.875. The van der Waals surface area contributed by atoms with Crippen molar-refractivity contribution in [2.75, 3.05) is 7.11 Å². The van der Waals surface area contributed by atoms with Gasteiger partial charge in [0.15, 0.2) is 6.10 Å². The lowest BCUT2D eigenvalue weighted by atomic mass is 10.2. The summed E-state index contributed by atoms with van der Waals surface area (Å²) in [4.78, 5) is 33.5. The van der Waals surface area contributed by atoms with Crippen LogP contribution in [0.25, 0.3) is 0 Å². The Morgan fingerprint density at radius 2 is 1.79 bits per heavy atom. The highest BCUT2D eigenvalue weighted by molar-refractivity contribution is 5.98. The van der Waals surface area contributed by atoms with Gasteiger partial charge in [0, 0.05) is 0 Å². The third-order valence-corrected chi connectivity index (χ3v) is 2.23. The first-order valence-electron chi connectivity index (χ1n) is 5.39. The fourth-order valence-corrected chi connectivity index (χ4v) is 1.23. The smallest absolute Gasteiger partial charge is 0.338 e. The van der Waals surface area contributed by atoms with Crippen LogP contribution in [0.2, 0.25) is 0 Å². The first-order valence-corrected chi connectivity index (χ1v) is 5.39. The van der Waals surface area contributed by atoms with E-state index in [1.807, 2.05) is 5.32 Å². The molecule has 0 heterocycles. The molecule has 0 unspecified atom stereocenters. The van der Waals surface area contributed by atoms with Crippen LogP contribution >= 0.6 is 0 Å². The third-order valence-electron chi connectivity index (χ3n) is 2.23. The molecule has 3 amide bonds. The minimum atomic E-state index is -1.12. The van der Waals surface area contributed by atoms with E-state index in [1.54, 1.807) is 12.1 Å². The highest BCUT2D eigenvalue weighted by atomic mass is 16.5. The molecule has 1 aromatic rings. The van der Waals surface area contributed by atoms with Crippen molar-refractivity contribution in [3.63, 3.8) is 0 Å². The van der Waals surface area contributed by atoms with Crippen LogP contribution in [-0.2, 0) is 9.53 Å². The Kier molecular flexibility index (Phi) is 4.87. The van der Waals surface area contributed by atoms with E-state index >= 15 is 0 Å². The number of imide groups is 1. The Morgan fingerprint density at radius 1 is 1.21 bits per heavy atom. The lowest BCUT2D eigenvalue weighted by Crippen LogP contribution is -2.42. The largest absolute Gasteiger partial charge is 0.497 e. The average molecular weight is 266 g/mol. The maximum Gasteiger partial charge on any atom is 0.338 e. The minimum absolute atomic E-state index is 0.263. The van der Waals surface area contributed by atoms with Crippen molar-refractivity contribution in [1.82, 2.24) is 5.32 Å². The molecule has 0 aliphatic heterocycles. The normalized spacial score (nSPS) is 11.3. The Hall–Kier alpha value is -2.57. The van der Waals surface area contributed by atoms with E-state index in [2.05, 4.69) is 0 Å². The number of nitrogens with two attached hydrogens (primary N) is 1. The van der Waals surface area contributed by atoms with Gasteiger partial charge in [-0.1, -0.05) is 0 Å². The number of carbonyl (C=O) groups is 3. The highest BCUT2D eigenvalue weighted by Gasteiger charge is 2.19. The Bertz CT molecular complexity index is 483. The van der Waals surface area contributed by atoms with Crippen LogP contribution in [0.15, 0.2) is 24.3 Å². The fourth-order valence-electron chi connectivity index (χ4n) is 1.23. The van der Waals surface area contributed by atoms with Crippen molar-refractivity contribution in [3.05, 3.63) is 29.8 Å². The lowest BCUT2D eigenvalue weighted by Gasteiger charge is -2.12. The van der Waals surface area contributed by atoms with Crippen molar-refractivity contribution < 1.29 is 23.9 Å². The van der Waals surface area contributed by atoms with E-state index in [0.29, 0.717) is 5.75 Å². The van der Waals surface area contributed by atoms with Gasteiger partial charge >= 0.3 is 12.0 Å².